The molecule has 0 unspecified atom stereocenters. The molecule has 0 aromatic heterocycles. The van der Waals surface area contributed by atoms with E-state index in [1.807, 2.05) is 0 Å². The molecule has 0 aromatic carbocycles. The van der Waals surface area contributed by atoms with Crippen molar-refractivity contribution in [1.82, 2.24) is 0 Å². The van der Waals surface area contributed by atoms with Crippen LogP contribution in [0.4, 0.5) is 0 Å². The normalized spacial score (nSPS) is 0.667. The summed E-state index contributed by atoms with van der Waals surface area (Å²) in [4.78, 5) is 0. The molecule has 0 heterocycles. The summed E-state index contributed by atoms with van der Waals surface area (Å²) in [5, 5.41) is 0. The summed E-state index contributed by atoms with van der Waals surface area (Å²) in [6.07, 6.45) is 0. The number of halogens is 2. The molecule has 0 spiro atoms. The van der Waals surface area contributed by atoms with Gasteiger partial charge < -0.3 is 12.4 Å². The molecule has 9 heavy (non-hydrogen) atoms. The molecule has 0 saturated carbocycles. The van der Waals surface area contributed by atoms with Gasteiger partial charge >= 0.3 is 60.5 Å². The van der Waals surface area contributed by atoms with Crippen LogP contribution in [0.3, 0.4) is 0 Å². The predicted molar refractivity (Wildman–Crippen MR) is 41.8 cm³/mol. The average Bonchev–Trinajstić information content (AvgIpc) is 1.00. The van der Waals surface area contributed by atoms with Crippen molar-refractivity contribution in [3.05, 3.63) is 0 Å². The van der Waals surface area contributed by atoms with Crippen LogP contribution in [0.5, 0.6) is 0 Å². The molecule has 0 amide bonds. The molecular formula is C3H19Cl2Na2O2+. The smallest absolute Gasteiger partial charge is 1.00 e. The molecule has 2 nitrogen and oxygen atoms in total. The molecule has 6 heteroatoms. The van der Waals surface area contributed by atoms with Crippen molar-refractivity contribution in [3.63, 3.8) is 0 Å². The van der Waals surface area contributed by atoms with E-state index in [4.69, 9.17) is 0 Å². The van der Waals surface area contributed by atoms with E-state index >= 15 is 0 Å². The maximum Gasteiger partial charge on any atom is 1.00 e. The van der Waals surface area contributed by atoms with E-state index in [0.29, 0.717) is 0 Å². The minimum Gasteiger partial charge on any atom is -1.00 e. The minimum absolute atomic E-state index is 0. The third kappa shape index (κ3) is 121. The SMILES string of the molecule is C.C.C.ClCl.O.[H+].[H-].[HH].[Na+].[Na+].[OH-]. The molecule has 3 N–H and O–H groups in total. The van der Waals surface area contributed by atoms with Gasteiger partial charge in [-0.1, -0.05) is 22.3 Å². The predicted octanol–water partition coefficient (Wildman–Crippen LogP) is -3.24. The van der Waals surface area contributed by atoms with Crippen molar-refractivity contribution >= 4 is 21.7 Å². The number of hydrogen-bond donors (Lipinski definition) is 0. The maximum absolute atomic E-state index is 4.11. The van der Waals surface area contributed by atoms with Gasteiger partial charge in [0.2, 0.25) is 0 Å². The molecule has 58 valence electrons. The summed E-state index contributed by atoms with van der Waals surface area (Å²) in [6.45, 7) is 0. The Labute approximate surface area is 117 Å². The molecule has 0 fully saturated rings. The minimum atomic E-state index is 0. The third-order valence-corrected chi connectivity index (χ3v) is 0. The van der Waals surface area contributed by atoms with Crippen LogP contribution in [0.2, 0.25) is 0 Å². The Morgan fingerprint density at radius 3 is 1.00 bits per heavy atom. The summed E-state index contributed by atoms with van der Waals surface area (Å²) in [5.41, 5.74) is 0. The van der Waals surface area contributed by atoms with Crippen LogP contribution in [0.25, 0.3) is 0 Å². The van der Waals surface area contributed by atoms with Crippen LogP contribution >= 0.6 is 21.7 Å². The van der Waals surface area contributed by atoms with Gasteiger partial charge in [0, 0.05) is 23.1 Å². The molecule has 0 aliphatic rings. The topological polar surface area (TPSA) is 61.5 Å². The van der Waals surface area contributed by atoms with E-state index in [9.17, 15) is 0 Å². The largest absolute Gasteiger partial charge is 1.00 e. The van der Waals surface area contributed by atoms with Gasteiger partial charge in [-0.3, -0.25) is 0 Å². The summed E-state index contributed by atoms with van der Waals surface area (Å²) >= 11 is 0. The van der Waals surface area contributed by atoms with Gasteiger partial charge in [-0.05, 0) is 0 Å². The molecule has 0 atom stereocenters. The van der Waals surface area contributed by atoms with Crippen LogP contribution in [0.15, 0.2) is 0 Å². The molecule has 0 rings (SSSR count). The third-order valence-electron chi connectivity index (χ3n) is 0. The number of rotatable bonds is 0. The van der Waals surface area contributed by atoms with Gasteiger partial charge in [0.1, 0.15) is 0 Å². The monoisotopic (exact) mass is 203 g/mol. The summed E-state index contributed by atoms with van der Waals surface area (Å²) in [6, 6.07) is 0. The first-order chi connectivity index (χ1) is 1.00. The van der Waals surface area contributed by atoms with Crippen molar-refractivity contribution in [2.75, 3.05) is 0 Å². The molecule has 0 aliphatic carbocycles. The van der Waals surface area contributed by atoms with E-state index in [-0.39, 0.29) is 96.6 Å². The van der Waals surface area contributed by atoms with E-state index in [1.54, 1.807) is 0 Å². The Morgan fingerprint density at radius 2 is 1.00 bits per heavy atom. The Hall–Kier alpha value is 2.50. The van der Waals surface area contributed by atoms with Crippen molar-refractivity contribution < 1.29 is 74.3 Å². The van der Waals surface area contributed by atoms with Crippen LogP contribution in [-0.4, -0.2) is 11.0 Å². The van der Waals surface area contributed by atoms with Crippen molar-refractivity contribution in [3.8, 4) is 0 Å². The van der Waals surface area contributed by atoms with E-state index < -0.39 is 0 Å². The van der Waals surface area contributed by atoms with Crippen molar-refractivity contribution in [2.45, 2.75) is 22.3 Å². The quantitative estimate of drug-likeness (QED) is 0.382. The van der Waals surface area contributed by atoms with Crippen LogP contribution in [0.1, 0.15) is 26.6 Å². The first-order valence-corrected chi connectivity index (χ1v) is 1.29. The van der Waals surface area contributed by atoms with Gasteiger partial charge in [-0.25, -0.2) is 0 Å². The maximum atomic E-state index is 4.11. The first-order valence-electron chi connectivity index (χ1n) is 0.143. The van der Waals surface area contributed by atoms with E-state index in [1.165, 1.54) is 0 Å². The molecule has 0 aromatic rings. The van der Waals surface area contributed by atoms with Gasteiger partial charge in [0.05, 0.1) is 0 Å². The van der Waals surface area contributed by atoms with Crippen LogP contribution in [0, 0.1) is 0 Å². The fraction of sp³-hybridized carbons (Fsp3) is 1.00. The van der Waals surface area contributed by atoms with Gasteiger partial charge in [0.15, 0.2) is 0 Å². The summed E-state index contributed by atoms with van der Waals surface area (Å²) in [7, 11) is 8.22. The number of hydrogen-bond acceptors (Lipinski definition) is 1. The zero-order valence-corrected chi connectivity index (χ0v) is 9.22. The second kappa shape index (κ2) is 152. The first kappa shape index (κ1) is 104. The second-order valence-corrected chi connectivity index (χ2v) is 0. The molecule has 0 radical (unpaired) electrons. The van der Waals surface area contributed by atoms with Crippen molar-refractivity contribution in [2.24, 2.45) is 0 Å². The molecular weight excluding hydrogens is 185 g/mol. The zero-order valence-electron chi connectivity index (χ0n) is 5.70. The molecule has 0 bridgehead atoms. The van der Waals surface area contributed by atoms with Crippen molar-refractivity contribution in [1.29, 1.82) is 0 Å². The zero-order chi connectivity index (χ0) is 2.00. The second-order valence-electron chi connectivity index (χ2n) is 0. The fourth-order valence-corrected chi connectivity index (χ4v) is 0. The molecule has 0 saturated heterocycles. The van der Waals surface area contributed by atoms with E-state index in [0.717, 1.165) is 0 Å². The summed E-state index contributed by atoms with van der Waals surface area (Å²) < 4.78 is 0. The average molecular weight is 204 g/mol. The van der Waals surface area contributed by atoms with Gasteiger partial charge in [0.25, 0.3) is 0 Å². The standard InChI is InChI=1S/3CH4.Cl2.2Na.2H2O.H2.H/c;;;1-2;;;;;;/h3*1H4;;;;2*1H2;1H;/q;;;;2*+1;;;;-1. The van der Waals surface area contributed by atoms with Crippen LogP contribution < -0.4 is 59.1 Å². The Kier molecular flexibility index (Phi) is 1740. The van der Waals surface area contributed by atoms with E-state index in [2.05, 4.69) is 21.7 Å². The Morgan fingerprint density at radius 1 is 1.00 bits per heavy atom. The van der Waals surface area contributed by atoms with Gasteiger partial charge in [-0.15, -0.1) is 0 Å². The summed E-state index contributed by atoms with van der Waals surface area (Å²) in [5.74, 6) is 0. The molecule has 0 aliphatic heterocycles. The van der Waals surface area contributed by atoms with Gasteiger partial charge in [-0.2, -0.15) is 0 Å². The Balaban J connectivity index is -0.000000000111. The Bertz CT molecular complexity index is 27.5. The fourth-order valence-electron chi connectivity index (χ4n) is 0. The van der Waals surface area contributed by atoms with Crippen LogP contribution in [-0.2, 0) is 0 Å².